The zero-order valence-corrected chi connectivity index (χ0v) is 14.0. The van der Waals surface area contributed by atoms with Crippen molar-refractivity contribution in [2.24, 2.45) is 0 Å². The zero-order valence-electron chi connectivity index (χ0n) is 11.7. The predicted molar refractivity (Wildman–Crippen MR) is 88.1 cm³/mol. The van der Waals surface area contributed by atoms with E-state index in [2.05, 4.69) is 12.2 Å². The number of halogens is 2. The minimum Gasteiger partial charge on any atom is -0.394 e. The average Bonchev–Trinajstić information content (AvgIpc) is 2.44. The molecular weight excluding hydrogens is 313 g/mol. The molecular formula is C15H21Cl2NOS. The van der Waals surface area contributed by atoms with Gasteiger partial charge in [-0.1, -0.05) is 36.5 Å². The summed E-state index contributed by atoms with van der Waals surface area (Å²) in [5, 5.41) is 15.1. The minimum atomic E-state index is -0.129. The Bertz CT molecular complexity index is 453. The van der Waals surface area contributed by atoms with E-state index in [9.17, 15) is 5.11 Å². The van der Waals surface area contributed by atoms with Gasteiger partial charge < -0.3 is 10.4 Å². The Morgan fingerprint density at radius 1 is 1.45 bits per heavy atom. The van der Waals surface area contributed by atoms with Crippen molar-refractivity contribution in [1.82, 2.24) is 5.32 Å². The van der Waals surface area contributed by atoms with Crippen LogP contribution in [0.5, 0.6) is 0 Å². The largest absolute Gasteiger partial charge is 0.394 e. The van der Waals surface area contributed by atoms with E-state index < -0.39 is 0 Å². The molecule has 5 heteroatoms. The Morgan fingerprint density at radius 3 is 2.95 bits per heavy atom. The van der Waals surface area contributed by atoms with E-state index in [0.29, 0.717) is 10.3 Å². The molecule has 0 spiro atoms. The van der Waals surface area contributed by atoms with Crippen LogP contribution in [0.2, 0.25) is 10.0 Å². The normalized spacial score (nSPS) is 26.7. The second-order valence-electron chi connectivity index (χ2n) is 5.38. The van der Waals surface area contributed by atoms with E-state index in [1.54, 1.807) is 11.8 Å². The molecule has 2 nitrogen and oxygen atoms in total. The minimum absolute atomic E-state index is 0.129. The fourth-order valence-corrected chi connectivity index (χ4v) is 4.80. The topological polar surface area (TPSA) is 32.3 Å². The summed E-state index contributed by atoms with van der Waals surface area (Å²) in [4.78, 5) is 1.04. The summed E-state index contributed by atoms with van der Waals surface area (Å²) in [6.45, 7) is 3.17. The van der Waals surface area contributed by atoms with Crippen molar-refractivity contribution < 1.29 is 5.11 Å². The van der Waals surface area contributed by atoms with Gasteiger partial charge >= 0.3 is 0 Å². The van der Waals surface area contributed by atoms with Crippen molar-refractivity contribution in [2.75, 3.05) is 13.2 Å². The van der Waals surface area contributed by atoms with Gasteiger partial charge in [0.1, 0.15) is 0 Å². The van der Waals surface area contributed by atoms with E-state index in [1.165, 1.54) is 0 Å². The van der Waals surface area contributed by atoms with E-state index in [4.69, 9.17) is 23.2 Å². The summed E-state index contributed by atoms with van der Waals surface area (Å²) in [5.74, 6) is 0. The van der Waals surface area contributed by atoms with Gasteiger partial charge in [-0.25, -0.2) is 0 Å². The van der Waals surface area contributed by atoms with Crippen LogP contribution in [0.1, 0.15) is 32.6 Å². The molecule has 0 bridgehead atoms. The molecule has 2 atom stereocenters. The van der Waals surface area contributed by atoms with Gasteiger partial charge in [0.25, 0.3) is 0 Å². The number of hydrogen-bond acceptors (Lipinski definition) is 3. The van der Waals surface area contributed by atoms with Crippen LogP contribution in [0.4, 0.5) is 0 Å². The van der Waals surface area contributed by atoms with Crippen LogP contribution in [0.15, 0.2) is 23.1 Å². The van der Waals surface area contributed by atoms with Crippen LogP contribution in [-0.2, 0) is 0 Å². The lowest BCUT2D eigenvalue weighted by atomic mass is 9.82. The fourth-order valence-electron chi connectivity index (χ4n) is 2.89. The Kier molecular flexibility index (Phi) is 6.06. The average molecular weight is 334 g/mol. The second-order valence-corrected chi connectivity index (χ2v) is 7.57. The number of likely N-dealkylation sites (N-methyl/N-ethyl adjacent to an activating group) is 1. The third-order valence-corrected chi connectivity index (χ3v) is 5.85. The molecule has 0 aliphatic heterocycles. The van der Waals surface area contributed by atoms with Crippen LogP contribution < -0.4 is 5.32 Å². The van der Waals surface area contributed by atoms with Crippen molar-refractivity contribution >= 4 is 35.0 Å². The number of rotatable bonds is 5. The van der Waals surface area contributed by atoms with Crippen LogP contribution in [0.25, 0.3) is 0 Å². The van der Waals surface area contributed by atoms with Crippen molar-refractivity contribution in [2.45, 2.75) is 48.3 Å². The van der Waals surface area contributed by atoms with Crippen LogP contribution in [-0.4, -0.2) is 29.0 Å². The molecule has 1 aliphatic carbocycles. The maximum absolute atomic E-state index is 9.74. The maximum atomic E-state index is 9.74. The van der Waals surface area contributed by atoms with E-state index >= 15 is 0 Å². The van der Waals surface area contributed by atoms with Gasteiger partial charge in [-0.15, -0.1) is 11.8 Å². The molecule has 20 heavy (non-hydrogen) atoms. The highest BCUT2D eigenvalue weighted by molar-refractivity contribution is 8.00. The highest BCUT2D eigenvalue weighted by Crippen LogP contribution is 2.41. The maximum Gasteiger partial charge on any atom is 0.0613 e. The smallest absolute Gasteiger partial charge is 0.0613 e. The van der Waals surface area contributed by atoms with E-state index in [1.807, 2.05) is 18.2 Å². The molecule has 0 radical (unpaired) electrons. The first kappa shape index (κ1) is 16.4. The first-order valence-corrected chi connectivity index (χ1v) is 8.70. The van der Waals surface area contributed by atoms with Crippen LogP contribution in [0, 0.1) is 0 Å². The lowest BCUT2D eigenvalue weighted by Gasteiger charge is -2.40. The van der Waals surface area contributed by atoms with Gasteiger partial charge in [-0.2, -0.15) is 0 Å². The van der Waals surface area contributed by atoms with Gasteiger partial charge in [0, 0.05) is 20.7 Å². The SMILES string of the molecule is CCNC1(CO)CCCC(Sc2cc(Cl)ccc2Cl)C1. The number of thioether (sulfide) groups is 1. The van der Waals surface area contributed by atoms with Gasteiger partial charge in [-0.05, 0) is 44.0 Å². The second kappa shape index (κ2) is 7.37. The van der Waals surface area contributed by atoms with Crippen LogP contribution in [0.3, 0.4) is 0 Å². The first-order chi connectivity index (χ1) is 9.58. The van der Waals surface area contributed by atoms with Crippen LogP contribution >= 0.6 is 35.0 Å². The molecule has 0 heterocycles. The van der Waals surface area contributed by atoms with Gasteiger partial charge in [0.15, 0.2) is 0 Å². The summed E-state index contributed by atoms with van der Waals surface area (Å²) in [5.41, 5.74) is -0.129. The summed E-state index contributed by atoms with van der Waals surface area (Å²) in [6, 6.07) is 5.58. The molecule has 0 aromatic heterocycles. The van der Waals surface area contributed by atoms with Gasteiger partial charge in [0.2, 0.25) is 0 Å². The molecule has 1 aliphatic rings. The van der Waals surface area contributed by atoms with Crippen molar-refractivity contribution in [3.05, 3.63) is 28.2 Å². The lowest BCUT2D eigenvalue weighted by Crippen LogP contribution is -2.52. The molecule has 2 rings (SSSR count). The summed E-state index contributed by atoms with van der Waals surface area (Å²) >= 11 is 14.1. The fraction of sp³-hybridized carbons (Fsp3) is 0.600. The van der Waals surface area contributed by atoms with E-state index in [-0.39, 0.29) is 12.1 Å². The third kappa shape index (κ3) is 4.05. The number of benzene rings is 1. The number of aliphatic hydroxyl groups excluding tert-OH is 1. The van der Waals surface area contributed by atoms with E-state index in [0.717, 1.165) is 42.1 Å². The molecule has 1 aromatic carbocycles. The highest BCUT2D eigenvalue weighted by atomic mass is 35.5. The molecule has 2 unspecified atom stereocenters. The Labute approximate surface area is 135 Å². The number of hydrogen-bond donors (Lipinski definition) is 2. The molecule has 0 amide bonds. The summed E-state index contributed by atoms with van der Waals surface area (Å²) in [7, 11) is 0. The molecule has 0 saturated heterocycles. The standard InChI is InChI=1S/C15H21Cl2NOS/c1-2-18-15(10-19)7-3-4-12(9-15)20-14-8-11(16)5-6-13(14)17/h5-6,8,12,18-19H,2-4,7,9-10H2,1H3. The molecule has 1 fully saturated rings. The summed E-state index contributed by atoms with van der Waals surface area (Å²) in [6.07, 6.45) is 4.28. The third-order valence-electron chi connectivity index (χ3n) is 3.84. The number of nitrogens with one attached hydrogen (secondary N) is 1. The monoisotopic (exact) mass is 333 g/mol. The van der Waals surface area contributed by atoms with Crippen molar-refractivity contribution in [3.8, 4) is 0 Å². The predicted octanol–water partition coefficient (Wildman–Crippen LogP) is 4.37. The Balaban J connectivity index is 2.07. The lowest BCUT2D eigenvalue weighted by molar-refractivity contribution is 0.125. The summed E-state index contributed by atoms with van der Waals surface area (Å²) < 4.78 is 0. The molecule has 2 N–H and O–H groups in total. The Hall–Kier alpha value is 0.0700. The quantitative estimate of drug-likeness (QED) is 0.839. The van der Waals surface area contributed by atoms with Gasteiger partial charge in [0.05, 0.1) is 11.6 Å². The number of aliphatic hydroxyl groups is 1. The highest BCUT2D eigenvalue weighted by Gasteiger charge is 2.35. The molecule has 1 aromatic rings. The zero-order chi connectivity index (χ0) is 14.6. The molecule has 1 saturated carbocycles. The molecule has 112 valence electrons. The van der Waals surface area contributed by atoms with Crippen molar-refractivity contribution in [1.29, 1.82) is 0 Å². The van der Waals surface area contributed by atoms with Gasteiger partial charge in [-0.3, -0.25) is 0 Å². The van der Waals surface area contributed by atoms with Crippen molar-refractivity contribution in [3.63, 3.8) is 0 Å². The first-order valence-electron chi connectivity index (χ1n) is 7.06. The Morgan fingerprint density at radius 2 is 2.25 bits per heavy atom.